The molecule has 0 unspecified atom stereocenters. The highest BCUT2D eigenvalue weighted by molar-refractivity contribution is 5.89. The summed E-state index contributed by atoms with van der Waals surface area (Å²) in [5.41, 5.74) is 0.853. The summed E-state index contributed by atoms with van der Waals surface area (Å²) in [7, 11) is 0. The number of hydrogen-bond acceptors (Lipinski definition) is 2. The van der Waals surface area contributed by atoms with Crippen molar-refractivity contribution in [1.29, 1.82) is 0 Å². The third-order valence-electron chi connectivity index (χ3n) is 3.56. The Labute approximate surface area is 128 Å². The van der Waals surface area contributed by atoms with Gasteiger partial charge in [-0.1, -0.05) is 5.57 Å². The predicted octanol–water partition coefficient (Wildman–Crippen LogP) is 2.60. The van der Waals surface area contributed by atoms with Crippen LogP contribution in [0, 0.1) is 5.92 Å². The van der Waals surface area contributed by atoms with Crippen molar-refractivity contribution >= 4 is 11.8 Å². The first kappa shape index (κ1) is 18.5. The lowest BCUT2D eigenvalue weighted by atomic mass is 9.96. The van der Waals surface area contributed by atoms with E-state index < -0.39 is 24.5 Å². The number of nitrogens with zero attached hydrogens (tertiary/aromatic N) is 2. The van der Waals surface area contributed by atoms with Crippen molar-refractivity contribution < 1.29 is 22.8 Å². The number of halogens is 3. The summed E-state index contributed by atoms with van der Waals surface area (Å²) in [4.78, 5) is 26.6. The molecule has 1 aliphatic heterocycles. The molecule has 0 aromatic heterocycles. The lowest BCUT2D eigenvalue weighted by Gasteiger charge is -2.34. The molecule has 0 bridgehead atoms. The second-order valence-electron chi connectivity index (χ2n) is 5.81. The van der Waals surface area contributed by atoms with E-state index in [2.05, 4.69) is 0 Å². The Morgan fingerprint density at radius 1 is 1.32 bits per heavy atom. The molecule has 0 aromatic carbocycles. The number of amides is 2. The quantitative estimate of drug-likeness (QED) is 0.747. The number of likely N-dealkylation sites (tertiary alicyclic amines) is 1. The van der Waals surface area contributed by atoms with E-state index >= 15 is 0 Å². The molecule has 1 fully saturated rings. The van der Waals surface area contributed by atoms with E-state index in [-0.39, 0.29) is 19.0 Å². The monoisotopic (exact) mass is 320 g/mol. The predicted molar refractivity (Wildman–Crippen MR) is 77.0 cm³/mol. The van der Waals surface area contributed by atoms with Gasteiger partial charge in [-0.3, -0.25) is 9.59 Å². The number of carbonyl (C=O) groups excluding carboxylic acids is 2. The molecule has 0 spiro atoms. The minimum atomic E-state index is -4.40. The third kappa shape index (κ3) is 5.69. The first-order chi connectivity index (χ1) is 10.1. The molecule has 1 aliphatic rings. The van der Waals surface area contributed by atoms with E-state index in [1.165, 1.54) is 13.0 Å². The fourth-order valence-corrected chi connectivity index (χ4v) is 2.54. The van der Waals surface area contributed by atoms with Crippen molar-refractivity contribution in [3.05, 3.63) is 11.6 Å². The van der Waals surface area contributed by atoms with Crippen LogP contribution < -0.4 is 0 Å². The van der Waals surface area contributed by atoms with Crippen LogP contribution in [0.4, 0.5) is 13.2 Å². The summed E-state index contributed by atoms with van der Waals surface area (Å²) in [6.45, 7) is 4.63. The summed E-state index contributed by atoms with van der Waals surface area (Å²) >= 11 is 0. The molecule has 1 heterocycles. The molecular weight excluding hydrogens is 297 g/mol. The number of rotatable bonds is 4. The topological polar surface area (TPSA) is 40.6 Å². The summed E-state index contributed by atoms with van der Waals surface area (Å²) in [5.74, 6) is -1.25. The Bertz CT molecular complexity index is 443. The van der Waals surface area contributed by atoms with Crippen LogP contribution in [0.5, 0.6) is 0 Å². The van der Waals surface area contributed by atoms with E-state index in [1.54, 1.807) is 18.7 Å². The van der Waals surface area contributed by atoms with Gasteiger partial charge in [0.15, 0.2) is 0 Å². The Morgan fingerprint density at radius 3 is 2.45 bits per heavy atom. The standard InChI is InChI=1S/C15H23F3N2O2/c1-4-19(10-15(16,17)18)14(22)12-6-5-7-20(9-12)13(21)8-11(2)3/h8,12H,4-7,9-10H2,1-3H3/t12-/m0/s1. The van der Waals surface area contributed by atoms with Crippen molar-refractivity contribution in [2.24, 2.45) is 5.92 Å². The summed E-state index contributed by atoms with van der Waals surface area (Å²) in [5, 5.41) is 0. The lowest BCUT2D eigenvalue weighted by Crippen LogP contribution is -2.48. The number of allylic oxidation sites excluding steroid dienone is 1. The van der Waals surface area contributed by atoms with Gasteiger partial charge in [-0.15, -0.1) is 0 Å². The van der Waals surface area contributed by atoms with E-state index in [0.717, 1.165) is 10.5 Å². The summed E-state index contributed by atoms with van der Waals surface area (Å²) < 4.78 is 37.5. The zero-order chi connectivity index (χ0) is 16.9. The Kier molecular flexibility index (Phi) is 6.44. The molecule has 0 aromatic rings. The van der Waals surface area contributed by atoms with Crippen LogP contribution in [0.15, 0.2) is 11.6 Å². The van der Waals surface area contributed by atoms with Gasteiger partial charge >= 0.3 is 6.18 Å². The molecular formula is C15H23F3N2O2. The molecule has 22 heavy (non-hydrogen) atoms. The Morgan fingerprint density at radius 2 is 1.95 bits per heavy atom. The Hall–Kier alpha value is -1.53. The SMILES string of the molecule is CCN(CC(F)(F)F)C(=O)[C@H]1CCCN(C(=O)C=C(C)C)C1. The molecule has 0 aliphatic carbocycles. The van der Waals surface area contributed by atoms with Gasteiger partial charge in [0.2, 0.25) is 11.8 Å². The van der Waals surface area contributed by atoms with E-state index in [0.29, 0.717) is 19.4 Å². The number of alkyl halides is 3. The van der Waals surface area contributed by atoms with Crippen LogP contribution in [0.25, 0.3) is 0 Å². The van der Waals surface area contributed by atoms with Crippen molar-refractivity contribution in [2.75, 3.05) is 26.2 Å². The van der Waals surface area contributed by atoms with Gasteiger partial charge in [0.1, 0.15) is 6.54 Å². The molecule has 126 valence electrons. The molecule has 0 radical (unpaired) electrons. The number of hydrogen-bond donors (Lipinski definition) is 0. The molecule has 1 rings (SSSR count). The van der Waals surface area contributed by atoms with Crippen molar-refractivity contribution in [1.82, 2.24) is 9.80 Å². The largest absolute Gasteiger partial charge is 0.406 e. The molecule has 0 saturated carbocycles. The zero-order valence-electron chi connectivity index (χ0n) is 13.2. The first-order valence-corrected chi connectivity index (χ1v) is 7.43. The second kappa shape index (κ2) is 7.65. The lowest BCUT2D eigenvalue weighted by molar-refractivity contribution is -0.164. The smallest absolute Gasteiger partial charge is 0.338 e. The van der Waals surface area contributed by atoms with Gasteiger partial charge in [-0.2, -0.15) is 13.2 Å². The fraction of sp³-hybridized carbons (Fsp3) is 0.733. The van der Waals surface area contributed by atoms with Crippen molar-refractivity contribution in [3.8, 4) is 0 Å². The van der Waals surface area contributed by atoms with Gasteiger partial charge in [0.05, 0.1) is 5.92 Å². The van der Waals surface area contributed by atoms with E-state index in [1.807, 2.05) is 0 Å². The molecule has 1 atom stereocenters. The molecule has 0 N–H and O–H groups in total. The van der Waals surface area contributed by atoms with Crippen molar-refractivity contribution in [3.63, 3.8) is 0 Å². The third-order valence-corrected chi connectivity index (χ3v) is 3.56. The van der Waals surface area contributed by atoms with Gasteiger partial charge in [0, 0.05) is 25.7 Å². The summed E-state index contributed by atoms with van der Waals surface area (Å²) in [6.07, 6.45) is -1.77. The van der Waals surface area contributed by atoms with Gasteiger partial charge in [0.25, 0.3) is 0 Å². The van der Waals surface area contributed by atoms with E-state index in [9.17, 15) is 22.8 Å². The molecule has 1 saturated heterocycles. The van der Waals surface area contributed by atoms with E-state index in [4.69, 9.17) is 0 Å². The van der Waals surface area contributed by atoms with Gasteiger partial charge in [-0.05, 0) is 33.6 Å². The minimum absolute atomic E-state index is 0.0107. The van der Waals surface area contributed by atoms with Gasteiger partial charge < -0.3 is 9.80 Å². The minimum Gasteiger partial charge on any atom is -0.338 e. The maximum absolute atomic E-state index is 12.5. The fourth-order valence-electron chi connectivity index (χ4n) is 2.54. The Balaban J connectivity index is 2.73. The average Bonchev–Trinajstić information content (AvgIpc) is 2.42. The number of piperidine rings is 1. The zero-order valence-corrected chi connectivity index (χ0v) is 13.2. The molecule has 2 amide bonds. The highest BCUT2D eigenvalue weighted by atomic mass is 19.4. The van der Waals surface area contributed by atoms with Crippen LogP contribution in [-0.2, 0) is 9.59 Å². The van der Waals surface area contributed by atoms with Gasteiger partial charge in [-0.25, -0.2) is 0 Å². The second-order valence-corrected chi connectivity index (χ2v) is 5.81. The maximum atomic E-state index is 12.5. The van der Waals surface area contributed by atoms with Crippen LogP contribution in [0.3, 0.4) is 0 Å². The van der Waals surface area contributed by atoms with Crippen LogP contribution >= 0.6 is 0 Å². The highest BCUT2D eigenvalue weighted by Gasteiger charge is 2.36. The summed E-state index contributed by atoms with van der Waals surface area (Å²) in [6, 6.07) is 0. The first-order valence-electron chi connectivity index (χ1n) is 7.43. The average molecular weight is 320 g/mol. The van der Waals surface area contributed by atoms with Crippen molar-refractivity contribution in [2.45, 2.75) is 39.8 Å². The highest BCUT2D eigenvalue weighted by Crippen LogP contribution is 2.22. The maximum Gasteiger partial charge on any atom is 0.406 e. The van der Waals surface area contributed by atoms with Crippen LogP contribution in [-0.4, -0.2) is 54.0 Å². The molecule has 4 nitrogen and oxygen atoms in total. The molecule has 7 heteroatoms. The van der Waals surface area contributed by atoms with Crippen LogP contribution in [0.1, 0.15) is 33.6 Å². The van der Waals surface area contributed by atoms with Crippen LogP contribution in [0.2, 0.25) is 0 Å². The normalized spacial score (nSPS) is 18.8. The number of carbonyl (C=O) groups is 2.